The van der Waals surface area contributed by atoms with Crippen LogP contribution in [-0.2, 0) is 13.1 Å². The monoisotopic (exact) mass is 354 g/mol. The first-order valence-electron chi connectivity index (χ1n) is 6.06. The molecule has 1 aromatic heterocycles. The molecule has 0 saturated carbocycles. The summed E-state index contributed by atoms with van der Waals surface area (Å²) in [6, 6.07) is 12.7. The zero-order valence-electron chi connectivity index (χ0n) is 10.9. The van der Waals surface area contributed by atoms with Gasteiger partial charge in [0.05, 0.1) is 0 Å². The highest BCUT2D eigenvalue weighted by Crippen LogP contribution is 2.10. The van der Waals surface area contributed by atoms with Crippen LogP contribution in [0.4, 0.5) is 5.69 Å². The van der Waals surface area contributed by atoms with Gasteiger partial charge in [-0.1, -0.05) is 12.1 Å². The van der Waals surface area contributed by atoms with E-state index in [4.69, 9.17) is 0 Å². The predicted octanol–water partition coefficient (Wildman–Crippen LogP) is -0.0815. The number of nitrogens with zero attached hydrogens (tertiary/aromatic N) is 1. The molecule has 2 aromatic rings. The summed E-state index contributed by atoms with van der Waals surface area (Å²) in [5.41, 5.74) is 3.76. The summed E-state index contributed by atoms with van der Waals surface area (Å²) in [4.78, 5) is 0. The number of halogens is 1. The molecule has 0 atom stereocenters. The summed E-state index contributed by atoms with van der Waals surface area (Å²) in [6.45, 7) is 6.14. The fourth-order valence-corrected chi connectivity index (χ4v) is 1.84. The second-order valence-electron chi connectivity index (χ2n) is 4.27. The lowest BCUT2D eigenvalue weighted by Crippen LogP contribution is -3.00. The minimum atomic E-state index is 0. The molecule has 96 valence electrons. The van der Waals surface area contributed by atoms with Crippen LogP contribution >= 0.6 is 0 Å². The predicted molar refractivity (Wildman–Crippen MR) is 70.8 cm³/mol. The number of aryl methyl sites for hydroxylation is 2. The Morgan fingerprint density at radius 2 is 2.00 bits per heavy atom. The summed E-state index contributed by atoms with van der Waals surface area (Å²) in [5, 5.41) is 3.44. The van der Waals surface area contributed by atoms with Gasteiger partial charge in [-0.25, -0.2) is 4.57 Å². The van der Waals surface area contributed by atoms with Crippen molar-refractivity contribution >= 4 is 5.69 Å². The molecule has 0 aliphatic heterocycles. The van der Waals surface area contributed by atoms with Crippen LogP contribution in [0.5, 0.6) is 0 Å². The minimum Gasteiger partial charge on any atom is -1.00 e. The van der Waals surface area contributed by atoms with Crippen LogP contribution in [0.3, 0.4) is 0 Å². The molecular formula is C15H19IN2. The first-order valence-corrected chi connectivity index (χ1v) is 6.06. The third-order valence-corrected chi connectivity index (χ3v) is 2.80. The molecule has 0 saturated heterocycles. The van der Waals surface area contributed by atoms with Crippen LogP contribution in [0.15, 0.2) is 48.8 Å². The summed E-state index contributed by atoms with van der Waals surface area (Å²) in [6.07, 6.45) is 4.28. The van der Waals surface area contributed by atoms with E-state index < -0.39 is 0 Å². The molecule has 2 nitrogen and oxygen atoms in total. The van der Waals surface area contributed by atoms with Crippen molar-refractivity contribution in [2.45, 2.75) is 26.9 Å². The zero-order valence-corrected chi connectivity index (χ0v) is 13.0. The van der Waals surface area contributed by atoms with Gasteiger partial charge in [0.25, 0.3) is 0 Å². The summed E-state index contributed by atoms with van der Waals surface area (Å²) in [5.74, 6) is 0. The van der Waals surface area contributed by atoms with E-state index in [1.807, 2.05) is 0 Å². The van der Waals surface area contributed by atoms with Gasteiger partial charge in [0.1, 0.15) is 6.54 Å². The third-order valence-electron chi connectivity index (χ3n) is 2.80. The quantitative estimate of drug-likeness (QED) is 0.600. The van der Waals surface area contributed by atoms with Gasteiger partial charge in [0.2, 0.25) is 0 Å². The molecule has 0 spiro atoms. The molecule has 2 rings (SSSR count). The summed E-state index contributed by atoms with van der Waals surface area (Å²) < 4.78 is 2.19. The van der Waals surface area contributed by atoms with Crippen LogP contribution in [-0.4, -0.2) is 0 Å². The van der Waals surface area contributed by atoms with E-state index in [0.29, 0.717) is 0 Å². The van der Waals surface area contributed by atoms with E-state index >= 15 is 0 Å². The largest absolute Gasteiger partial charge is 1.00 e. The number of anilines is 1. The molecule has 0 fully saturated rings. The van der Waals surface area contributed by atoms with Crippen molar-refractivity contribution in [1.82, 2.24) is 0 Å². The number of hydrogen-bond acceptors (Lipinski definition) is 1. The van der Waals surface area contributed by atoms with Crippen molar-refractivity contribution in [1.29, 1.82) is 0 Å². The van der Waals surface area contributed by atoms with E-state index in [0.717, 1.165) is 13.1 Å². The Morgan fingerprint density at radius 3 is 2.72 bits per heavy atom. The molecule has 0 radical (unpaired) electrons. The van der Waals surface area contributed by atoms with Crippen molar-refractivity contribution in [3.8, 4) is 0 Å². The summed E-state index contributed by atoms with van der Waals surface area (Å²) >= 11 is 0. The van der Waals surface area contributed by atoms with E-state index in [9.17, 15) is 0 Å². The Hall–Kier alpha value is -1.10. The van der Waals surface area contributed by atoms with Crippen molar-refractivity contribution in [3.05, 3.63) is 59.9 Å². The standard InChI is InChI=1S/C15H19N2.HI/c1-3-17-9-5-7-14(12-17)11-16-15-8-4-6-13(2)10-15;/h4-10,12,16H,3,11H2,1-2H3;1H/q+1;/p-1. The normalized spacial score (nSPS) is 9.67. The van der Waals surface area contributed by atoms with Crippen molar-refractivity contribution in [2.75, 3.05) is 5.32 Å². The van der Waals surface area contributed by atoms with Gasteiger partial charge < -0.3 is 29.3 Å². The third kappa shape index (κ3) is 4.29. The number of pyridine rings is 1. The zero-order chi connectivity index (χ0) is 12.1. The van der Waals surface area contributed by atoms with Gasteiger partial charge in [-0.15, -0.1) is 0 Å². The highest BCUT2D eigenvalue weighted by Gasteiger charge is 2.00. The maximum absolute atomic E-state index is 3.44. The molecule has 0 aliphatic rings. The highest BCUT2D eigenvalue weighted by atomic mass is 127. The van der Waals surface area contributed by atoms with Gasteiger partial charge in [0, 0.05) is 23.9 Å². The Kier molecular flexibility index (Phi) is 6.12. The molecule has 1 heterocycles. The van der Waals surface area contributed by atoms with Crippen LogP contribution in [0.1, 0.15) is 18.1 Å². The molecule has 3 heteroatoms. The Balaban J connectivity index is 0.00000162. The fourth-order valence-electron chi connectivity index (χ4n) is 1.84. The lowest BCUT2D eigenvalue weighted by atomic mass is 10.2. The van der Waals surface area contributed by atoms with Gasteiger partial charge in [-0.3, -0.25) is 0 Å². The fraction of sp³-hybridized carbons (Fsp3) is 0.267. The molecular weight excluding hydrogens is 335 g/mol. The van der Waals surface area contributed by atoms with Gasteiger partial charge >= 0.3 is 0 Å². The van der Waals surface area contributed by atoms with Gasteiger partial charge in [0.15, 0.2) is 12.4 Å². The van der Waals surface area contributed by atoms with E-state index in [1.54, 1.807) is 0 Å². The average molecular weight is 354 g/mol. The van der Waals surface area contributed by atoms with Crippen molar-refractivity contribution in [2.24, 2.45) is 0 Å². The highest BCUT2D eigenvalue weighted by molar-refractivity contribution is 5.45. The number of rotatable bonds is 4. The first kappa shape index (κ1) is 15.0. The minimum absolute atomic E-state index is 0. The van der Waals surface area contributed by atoms with Crippen LogP contribution < -0.4 is 33.9 Å². The lowest BCUT2D eigenvalue weighted by Gasteiger charge is -2.06. The molecule has 0 unspecified atom stereocenters. The van der Waals surface area contributed by atoms with Gasteiger partial charge in [-0.2, -0.15) is 0 Å². The topological polar surface area (TPSA) is 15.9 Å². The Bertz CT molecular complexity index is 497. The maximum Gasteiger partial charge on any atom is 0.173 e. The van der Waals surface area contributed by atoms with E-state index in [-0.39, 0.29) is 24.0 Å². The van der Waals surface area contributed by atoms with Crippen LogP contribution in [0.25, 0.3) is 0 Å². The molecule has 18 heavy (non-hydrogen) atoms. The van der Waals surface area contributed by atoms with E-state index in [1.165, 1.54) is 16.8 Å². The second-order valence-corrected chi connectivity index (χ2v) is 4.27. The number of nitrogens with one attached hydrogen (secondary N) is 1. The van der Waals surface area contributed by atoms with E-state index in [2.05, 4.69) is 72.5 Å². The molecule has 1 N–H and O–H groups in total. The molecule has 0 bridgehead atoms. The molecule has 0 aliphatic carbocycles. The number of aromatic nitrogens is 1. The Morgan fingerprint density at radius 1 is 1.17 bits per heavy atom. The first-order chi connectivity index (χ1) is 8.28. The van der Waals surface area contributed by atoms with Crippen molar-refractivity contribution in [3.63, 3.8) is 0 Å². The smallest absolute Gasteiger partial charge is 0.173 e. The maximum atomic E-state index is 3.44. The SMILES string of the molecule is CC[n+]1cccc(CNc2cccc(C)c2)c1.[I-]. The lowest BCUT2D eigenvalue weighted by molar-refractivity contribution is -0.693. The molecule has 0 amide bonds. The average Bonchev–Trinajstić information content (AvgIpc) is 2.37. The van der Waals surface area contributed by atoms with Crippen molar-refractivity contribution < 1.29 is 28.5 Å². The van der Waals surface area contributed by atoms with Crippen LogP contribution in [0.2, 0.25) is 0 Å². The van der Waals surface area contributed by atoms with Crippen LogP contribution in [0, 0.1) is 6.92 Å². The Labute approximate surface area is 126 Å². The molecule has 1 aromatic carbocycles. The number of benzene rings is 1. The number of hydrogen-bond donors (Lipinski definition) is 1. The van der Waals surface area contributed by atoms with Gasteiger partial charge in [-0.05, 0) is 37.6 Å². The second kappa shape index (κ2) is 7.36. The summed E-state index contributed by atoms with van der Waals surface area (Å²) in [7, 11) is 0.